The van der Waals surface area contributed by atoms with Gasteiger partial charge in [0.05, 0.1) is 5.70 Å². The van der Waals surface area contributed by atoms with E-state index < -0.39 is 0 Å². The summed E-state index contributed by atoms with van der Waals surface area (Å²) in [6, 6.07) is 18.0. The zero-order valence-electron chi connectivity index (χ0n) is 15.4. The largest absolute Gasteiger partial charge is 0.383 e. The predicted molar refractivity (Wildman–Crippen MR) is 119 cm³/mol. The molecule has 0 bridgehead atoms. The molecule has 2 nitrogen and oxygen atoms in total. The van der Waals surface area contributed by atoms with Gasteiger partial charge in [-0.1, -0.05) is 90.1 Å². The van der Waals surface area contributed by atoms with E-state index in [1.807, 2.05) is 60.7 Å². The van der Waals surface area contributed by atoms with E-state index in [2.05, 4.69) is 47.7 Å². The Labute approximate surface area is 169 Å². The van der Waals surface area contributed by atoms with E-state index in [1.54, 1.807) is 0 Å². The smallest absolute Gasteiger partial charge is 0.131 e. The summed E-state index contributed by atoms with van der Waals surface area (Å²) >= 11 is 3.45. The van der Waals surface area contributed by atoms with Crippen molar-refractivity contribution in [2.75, 3.05) is 0 Å². The fraction of sp³-hybridized carbons (Fsp3) is 0.125. The molecule has 0 amide bonds. The molecule has 27 heavy (non-hydrogen) atoms. The highest BCUT2D eigenvalue weighted by Gasteiger charge is 2.10. The minimum absolute atomic E-state index is 0.488. The van der Waals surface area contributed by atoms with E-state index in [1.165, 1.54) is 0 Å². The Kier molecular flexibility index (Phi) is 6.25. The van der Waals surface area contributed by atoms with Crippen LogP contribution in [-0.2, 0) is 0 Å². The second-order valence-corrected chi connectivity index (χ2v) is 7.57. The molecule has 2 N–H and O–H groups in total. The number of hydrogen-bond acceptors (Lipinski definition) is 1. The molecule has 0 saturated heterocycles. The maximum Gasteiger partial charge on any atom is 0.131 e. The lowest BCUT2D eigenvalue weighted by atomic mass is 9.95. The van der Waals surface area contributed by atoms with Crippen molar-refractivity contribution in [1.29, 1.82) is 0 Å². The quantitative estimate of drug-likeness (QED) is 0.346. The van der Waals surface area contributed by atoms with E-state index in [-0.39, 0.29) is 0 Å². The molecule has 0 aromatic heterocycles. The summed E-state index contributed by atoms with van der Waals surface area (Å²) < 4.78 is 1.01. The first kappa shape index (κ1) is 19.1. The lowest BCUT2D eigenvalue weighted by Gasteiger charge is -2.14. The van der Waals surface area contributed by atoms with Gasteiger partial charge in [-0.15, -0.1) is 0 Å². The molecule has 2 aromatic rings. The first-order valence-electron chi connectivity index (χ1n) is 8.98. The van der Waals surface area contributed by atoms with E-state index >= 15 is 0 Å². The molecule has 1 unspecified atom stereocenters. The fourth-order valence-corrected chi connectivity index (χ4v) is 3.08. The Hall–Kier alpha value is -2.65. The number of aliphatic imine (C=N–C) groups is 1. The molecule has 0 saturated carbocycles. The van der Waals surface area contributed by atoms with Crippen LogP contribution >= 0.6 is 15.9 Å². The number of nitrogens with two attached hydrogens (primary N) is 1. The summed E-state index contributed by atoms with van der Waals surface area (Å²) in [6.45, 7) is 6.43. The van der Waals surface area contributed by atoms with Gasteiger partial charge in [0.25, 0.3) is 0 Å². The van der Waals surface area contributed by atoms with E-state index in [0.29, 0.717) is 11.8 Å². The van der Waals surface area contributed by atoms with Gasteiger partial charge in [0.1, 0.15) is 5.84 Å². The van der Waals surface area contributed by atoms with Crippen molar-refractivity contribution in [3.05, 3.63) is 112 Å². The Morgan fingerprint density at radius 3 is 2.44 bits per heavy atom. The average Bonchev–Trinajstić information content (AvgIpc) is 2.69. The van der Waals surface area contributed by atoms with Crippen molar-refractivity contribution in [2.24, 2.45) is 16.6 Å². The van der Waals surface area contributed by atoms with Gasteiger partial charge in [0.15, 0.2) is 0 Å². The first-order valence-corrected chi connectivity index (χ1v) is 9.77. The number of halogens is 1. The van der Waals surface area contributed by atoms with Crippen molar-refractivity contribution in [3.8, 4) is 0 Å². The predicted octanol–water partition coefficient (Wildman–Crippen LogP) is 6.27. The van der Waals surface area contributed by atoms with Gasteiger partial charge in [0.2, 0.25) is 0 Å². The molecule has 0 radical (unpaired) electrons. The Morgan fingerprint density at radius 2 is 1.81 bits per heavy atom. The normalized spacial score (nSPS) is 17.6. The van der Waals surface area contributed by atoms with Crippen LogP contribution in [0.3, 0.4) is 0 Å². The molecule has 0 aliphatic heterocycles. The van der Waals surface area contributed by atoms with Gasteiger partial charge < -0.3 is 5.73 Å². The van der Waals surface area contributed by atoms with Gasteiger partial charge in [-0.05, 0) is 47.3 Å². The van der Waals surface area contributed by atoms with Crippen LogP contribution in [0.25, 0.3) is 5.57 Å². The molecule has 1 aliphatic carbocycles. The third kappa shape index (κ3) is 5.18. The summed E-state index contributed by atoms with van der Waals surface area (Å²) in [7, 11) is 0. The molecular formula is C24H23BrN2. The van der Waals surface area contributed by atoms with Crippen LogP contribution < -0.4 is 5.73 Å². The number of nitrogens with zero attached hydrogens (tertiary/aromatic N) is 1. The van der Waals surface area contributed by atoms with E-state index in [0.717, 1.165) is 38.9 Å². The molecule has 0 heterocycles. The fourth-order valence-electron chi connectivity index (χ4n) is 2.81. The first-order chi connectivity index (χ1) is 13.0. The molecule has 1 aliphatic rings. The summed E-state index contributed by atoms with van der Waals surface area (Å²) in [6.07, 6.45) is 9.55. The number of amidine groups is 1. The molecular weight excluding hydrogens is 396 g/mol. The molecule has 0 spiro atoms. The van der Waals surface area contributed by atoms with Gasteiger partial charge >= 0.3 is 0 Å². The lowest BCUT2D eigenvalue weighted by Crippen LogP contribution is -2.14. The van der Waals surface area contributed by atoms with Crippen molar-refractivity contribution in [1.82, 2.24) is 0 Å². The summed E-state index contributed by atoms with van der Waals surface area (Å²) in [5.41, 5.74) is 11.1. The van der Waals surface area contributed by atoms with Crippen molar-refractivity contribution >= 4 is 27.3 Å². The molecule has 2 aromatic carbocycles. The SMILES string of the molecule is C=C(/C=C(\N=C(/N)c1ccc(Br)cc1)C1=CCC(C)C=C1)c1ccccc1. The van der Waals surface area contributed by atoms with Crippen LogP contribution in [0.5, 0.6) is 0 Å². The molecule has 3 heteroatoms. The molecule has 3 rings (SSSR count). The zero-order valence-corrected chi connectivity index (χ0v) is 17.0. The third-order valence-electron chi connectivity index (χ3n) is 4.45. The maximum atomic E-state index is 6.31. The monoisotopic (exact) mass is 418 g/mol. The Morgan fingerprint density at radius 1 is 1.11 bits per heavy atom. The topological polar surface area (TPSA) is 38.4 Å². The lowest BCUT2D eigenvalue weighted by molar-refractivity contribution is 0.731. The maximum absolute atomic E-state index is 6.31. The van der Waals surface area contributed by atoms with Gasteiger partial charge in [-0.25, -0.2) is 4.99 Å². The van der Waals surface area contributed by atoms with Gasteiger partial charge in [-0.3, -0.25) is 0 Å². The van der Waals surface area contributed by atoms with Crippen LogP contribution in [0.2, 0.25) is 0 Å². The van der Waals surface area contributed by atoms with Crippen LogP contribution in [0.4, 0.5) is 0 Å². The molecule has 0 fully saturated rings. The van der Waals surface area contributed by atoms with Gasteiger partial charge in [0, 0.05) is 10.0 Å². The van der Waals surface area contributed by atoms with E-state index in [9.17, 15) is 0 Å². The molecule has 136 valence electrons. The summed E-state index contributed by atoms with van der Waals surface area (Å²) in [5, 5.41) is 0. The minimum atomic E-state index is 0.488. The van der Waals surface area contributed by atoms with Crippen LogP contribution in [-0.4, -0.2) is 5.84 Å². The van der Waals surface area contributed by atoms with Crippen LogP contribution in [0.15, 0.2) is 106 Å². The van der Waals surface area contributed by atoms with Crippen LogP contribution in [0, 0.1) is 5.92 Å². The second kappa shape index (κ2) is 8.83. The Bertz CT molecular complexity index is 932. The summed E-state index contributed by atoms with van der Waals surface area (Å²) in [5.74, 6) is 1.03. The molecule has 1 atom stereocenters. The zero-order chi connectivity index (χ0) is 19.2. The van der Waals surface area contributed by atoms with Crippen molar-refractivity contribution in [3.63, 3.8) is 0 Å². The summed E-state index contributed by atoms with van der Waals surface area (Å²) in [4.78, 5) is 4.75. The second-order valence-electron chi connectivity index (χ2n) is 6.66. The average molecular weight is 419 g/mol. The van der Waals surface area contributed by atoms with Crippen molar-refractivity contribution < 1.29 is 0 Å². The van der Waals surface area contributed by atoms with Gasteiger partial charge in [-0.2, -0.15) is 0 Å². The van der Waals surface area contributed by atoms with Crippen molar-refractivity contribution in [2.45, 2.75) is 13.3 Å². The van der Waals surface area contributed by atoms with Crippen LogP contribution in [0.1, 0.15) is 24.5 Å². The Balaban J connectivity index is 1.98. The third-order valence-corrected chi connectivity index (χ3v) is 4.97. The standard InChI is InChI=1S/C24H23BrN2/c1-17-8-10-20(11-9-17)23(16-18(2)19-6-4-3-5-7-19)27-24(26)21-12-14-22(25)15-13-21/h3-8,10-17H,2,9H2,1H3,(H2,26,27)/b23-16-. The number of rotatable bonds is 5. The number of allylic oxidation sites excluding steroid dienone is 5. The van der Waals surface area contributed by atoms with E-state index in [4.69, 9.17) is 10.7 Å². The number of benzene rings is 2. The highest BCUT2D eigenvalue weighted by molar-refractivity contribution is 9.10. The minimum Gasteiger partial charge on any atom is -0.383 e. The number of hydrogen-bond donors (Lipinski definition) is 1. The highest BCUT2D eigenvalue weighted by Crippen LogP contribution is 2.26. The highest BCUT2D eigenvalue weighted by atomic mass is 79.9.